The van der Waals surface area contributed by atoms with Gasteiger partial charge in [-0.1, -0.05) is 41.4 Å². The highest BCUT2D eigenvalue weighted by molar-refractivity contribution is 7.92. The lowest BCUT2D eigenvalue weighted by Gasteiger charge is -2.19. The lowest BCUT2D eigenvalue weighted by atomic mass is 10.2. The van der Waals surface area contributed by atoms with Crippen LogP contribution in [0.1, 0.15) is 15.9 Å². The maximum atomic E-state index is 12.8. The molecule has 0 aliphatic heterocycles. The number of anilines is 2. The maximum absolute atomic E-state index is 12.8. The number of ether oxygens (including phenoxy) is 1. The van der Waals surface area contributed by atoms with E-state index in [2.05, 4.69) is 5.32 Å². The number of halogens is 1. The monoisotopic (exact) mass is 472 g/mol. The van der Waals surface area contributed by atoms with Crippen molar-refractivity contribution in [1.29, 1.82) is 0 Å². The van der Waals surface area contributed by atoms with Crippen molar-refractivity contribution in [2.24, 2.45) is 0 Å². The highest BCUT2D eigenvalue weighted by Crippen LogP contribution is 2.23. The topological polar surface area (TPSA) is 92.8 Å². The number of esters is 1. The summed E-state index contributed by atoms with van der Waals surface area (Å²) in [5.74, 6) is -1.25. The first-order chi connectivity index (χ1) is 15.2. The minimum atomic E-state index is -3.74. The molecular formula is C23H21ClN2O5S. The largest absolute Gasteiger partial charge is 0.452 e. The van der Waals surface area contributed by atoms with Crippen molar-refractivity contribution in [3.8, 4) is 0 Å². The van der Waals surface area contributed by atoms with Gasteiger partial charge in [-0.3, -0.25) is 9.10 Å². The van der Waals surface area contributed by atoms with Crippen LogP contribution in [0.3, 0.4) is 0 Å². The number of sulfonamides is 1. The second-order valence-corrected chi connectivity index (χ2v) is 9.31. The third-order valence-corrected chi connectivity index (χ3v) is 6.76. The molecule has 166 valence electrons. The first-order valence-corrected chi connectivity index (χ1v) is 11.4. The van der Waals surface area contributed by atoms with E-state index in [0.717, 1.165) is 9.87 Å². The van der Waals surface area contributed by atoms with E-state index in [4.69, 9.17) is 16.3 Å². The van der Waals surface area contributed by atoms with Crippen molar-refractivity contribution in [2.75, 3.05) is 23.3 Å². The molecule has 0 saturated heterocycles. The predicted molar refractivity (Wildman–Crippen MR) is 124 cm³/mol. The minimum absolute atomic E-state index is 0.165. The summed E-state index contributed by atoms with van der Waals surface area (Å²) in [6.45, 7) is 1.38. The molecule has 0 fully saturated rings. The van der Waals surface area contributed by atoms with Gasteiger partial charge in [0.15, 0.2) is 6.61 Å². The van der Waals surface area contributed by atoms with E-state index in [1.54, 1.807) is 48.5 Å². The van der Waals surface area contributed by atoms with Crippen molar-refractivity contribution >= 4 is 44.9 Å². The zero-order valence-corrected chi connectivity index (χ0v) is 19.0. The van der Waals surface area contributed by atoms with Gasteiger partial charge in [0.05, 0.1) is 26.9 Å². The number of rotatable bonds is 7. The zero-order valence-electron chi connectivity index (χ0n) is 17.4. The summed E-state index contributed by atoms with van der Waals surface area (Å²) in [5.41, 5.74) is 1.92. The summed E-state index contributed by atoms with van der Waals surface area (Å²) in [7, 11) is -2.31. The van der Waals surface area contributed by atoms with E-state index < -0.39 is 28.5 Å². The molecule has 0 aliphatic rings. The molecule has 0 saturated carbocycles. The Kier molecular flexibility index (Phi) is 7.17. The van der Waals surface area contributed by atoms with Crippen LogP contribution >= 0.6 is 11.6 Å². The van der Waals surface area contributed by atoms with Crippen LogP contribution in [0.4, 0.5) is 11.4 Å². The molecule has 0 spiro atoms. The fourth-order valence-electron chi connectivity index (χ4n) is 2.78. The van der Waals surface area contributed by atoms with Gasteiger partial charge in [0, 0.05) is 7.05 Å². The molecule has 3 aromatic carbocycles. The number of hydrogen-bond donors (Lipinski definition) is 1. The molecule has 3 rings (SSSR count). The van der Waals surface area contributed by atoms with Crippen LogP contribution < -0.4 is 9.62 Å². The van der Waals surface area contributed by atoms with Gasteiger partial charge in [0.25, 0.3) is 15.9 Å². The molecule has 0 heterocycles. The number of aryl methyl sites for hydroxylation is 1. The van der Waals surface area contributed by atoms with Gasteiger partial charge in [-0.15, -0.1) is 0 Å². The van der Waals surface area contributed by atoms with Crippen LogP contribution in [-0.2, 0) is 19.6 Å². The predicted octanol–water partition coefficient (Wildman–Crippen LogP) is 4.27. The zero-order chi connectivity index (χ0) is 23.3. The Balaban J connectivity index is 1.62. The number of carbonyl (C=O) groups excluding carboxylic acids is 2. The van der Waals surface area contributed by atoms with E-state index >= 15 is 0 Å². The van der Waals surface area contributed by atoms with Gasteiger partial charge in [0.2, 0.25) is 0 Å². The van der Waals surface area contributed by atoms with Crippen LogP contribution in [0.15, 0.2) is 77.7 Å². The number of nitrogens with one attached hydrogen (secondary N) is 1. The molecule has 0 aliphatic carbocycles. The molecule has 0 unspecified atom stereocenters. The summed E-state index contributed by atoms with van der Waals surface area (Å²) in [6.07, 6.45) is 0. The summed E-state index contributed by atoms with van der Waals surface area (Å²) in [4.78, 5) is 24.4. The lowest BCUT2D eigenvalue weighted by Crippen LogP contribution is -2.26. The van der Waals surface area contributed by atoms with E-state index in [0.29, 0.717) is 16.4 Å². The molecule has 7 nitrogen and oxygen atoms in total. The number of amides is 1. The quantitative estimate of drug-likeness (QED) is 0.518. The van der Waals surface area contributed by atoms with Crippen LogP contribution in [0.25, 0.3) is 0 Å². The Morgan fingerprint density at radius 3 is 2.22 bits per heavy atom. The van der Waals surface area contributed by atoms with Crippen molar-refractivity contribution < 1.29 is 22.7 Å². The summed E-state index contributed by atoms with van der Waals surface area (Å²) in [6, 6.07) is 19.1. The summed E-state index contributed by atoms with van der Waals surface area (Å²) < 4.78 is 31.7. The molecule has 1 amide bonds. The highest BCUT2D eigenvalue weighted by Gasteiger charge is 2.21. The fraction of sp³-hybridized carbons (Fsp3) is 0.130. The number of nitrogens with zero attached hydrogens (tertiary/aromatic N) is 1. The van der Waals surface area contributed by atoms with Crippen molar-refractivity contribution in [3.63, 3.8) is 0 Å². The molecule has 0 atom stereocenters. The average molecular weight is 473 g/mol. The Morgan fingerprint density at radius 2 is 1.59 bits per heavy atom. The average Bonchev–Trinajstić information content (AvgIpc) is 2.79. The minimum Gasteiger partial charge on any atom is -0.452 e. The van der Waals surface area contributed by atoms with Crippen molar-refractivity contribution in [1.82, 2.24) is 0 Å². The molecule has 1 N–H and O–H groups in total. The van der Waals surface area contributed by atoms with Gasteiger partial charge in [0.1, 0.15) is 0 Å². The molecular weight excluding hydrogens is 452 g/mol. The van der Waals surface area contributed by atoms with Crippen LogP contribution in [0.2, 0.25) is 5.02 Å². The summed E-state index contributed by atoms with van der Waals surface area (Å²) in [5, 5.41) is 2.92. The van der Waals surface area contributed by atoms with Gasteiger partial charge in [-0.2, -0.15) is 0 Å². The Labute approximate surface area is 191 Å². The van der Waals surface area contributed by atoms with Crippen LogP contribution in [0.5, 0.6) is 0 Å². The second kappa shape index (κ2) is 9.84. The van der Waals surface area contributed by atoms with Crippen LogP contribution in [0, 0.1) is 6.92 Å². The third-order valence-electron chi connectivity index (χ3n) is 4.63. The van der Waals surface area contributed by atoms with Gasteiger partial charge < -0.3 is 10.1 Å². The molecule has 3 aromatic rings. The number of carbonyl (C=O) groups is 2. The molecule has 0 bridgehead atoms. The fourth-order valence-corrected chi connectivity index (χ4v) is 4.16. The SMILES string of the molecule is Cc1ccc(S(=O)(=O)N(C)c2ccc(C(=O)OCC(=O)Nc3ccccc3Cl)cc2)cc1. The maximum Gasteiger partial charge on any atom is 0.338 e. The van der Waals surface area contributed by atoms with Gasteiger partial charge >= 0.3 is 5.97 Å². The van der Waals surface area contributed by atoms with Gasteiger partial charge in [-0.05, 0) is 55.5 Å². The first kappa shape index (κ1) is 23.3. The molecule has 0 radical (unpaired) electrons. The normalized spacial score (nSPS) is 11.0. The highest BCUT2D eigenvalue weighted by atomic mass is 35.5. The van der Waals surface area contributed by atoms with Crippen LogP contribution in [-0.4, -0.2) is 33.9 Å². The van der Waals surface area contributed by atoms with E-state index in [1.165, 1.54) is 31.3 Å². The second-order valence-electron chi connectivity index (χ2n) is 6.94. The number of para-hydroxylation sites is 1. The number of benzene rings is 3. The smallest absolute Gasteiger partial charge is 0.338 e. The summed E-state index contributed by atoms with van der Waals surface area (Å²) >= 11 is 5.98. The molecule has 32 heavy (non-hydrogen) atoms. The Hall–Kier alpha value is -3.36. The van der Waals surface area contributed by atoms with E-state index in [9.17, 15) is 18.0 Å². The van der Waals surface area contributed by atoms with Crippen molar-refractivity contribution in [2.45, 2.75) is 11.8 Å². The Morgan fingerprint density at radius 1 is 0.969 bits per heavy atom. The third kappa shape index (κ3) is 5.46. The molecule has 0 aromatic heterocycles. The van der Waals surface area contributed by atoms with Gasteiger partial charge in [-0.25, -0.2) is 13.2 Å². The standard InChI is InChI=1S/C23H21ClN2O5S/c1-16-7-13-19(14-8-16)32(29,30)26(2)18-11-9-17(10-12-18)23(28)31-15-22(27)25-21-6-4-3-5-20(21)24/h3-14H,15H2,1-2H3,(H,25,27). The molecule has 9 heteroatoms. The Bertz CT molecular complexity index is 1230. The van der Waals surface area contributed by atoms with Crippen molar-refractivity contribution in [3.05, 3.63) is 88.9 Å². The first-order valence-electron chi connectivity index (χ1n) is 9.55. The number of hydrogen-bond acceptors (Lipinski definition) is 5. The van der Waals surface area contributed by atoms with E-state index in [1.807, 2.05) is 6.92 Å². The lowest BCUT2D eigenvalue weighted by molar-refractivity contribution is -0.119. The van der Waals surface area contributed by atoms with E-state index in [-0.39, 0.29) is 10.5 Å².